The third kappa shape index (κ3) is 8.67. The highest BCUT2D eigenvalue weighted by molar-refractivity contribution is 5.93. The fraction of sp³-hybridized carbons (Fsp3) is 0.333. The zero-order valence-electron chi connectivity index (χ0n) is 9.79. The van der Waals surface area contributed by atoms with Crippen LogP contribution in [0.1, 0.15) is 17.3 Å². The van der Waals surface area contributed by atoms with Crippen molar-refractivity contribution in [2.45, 2.75) is 6.92 Å². The Bertz CT molecular complexity index is 376. The van der Waals surface area contributed by atoms with Crippen molar-refractivity contribution in [2.24, 2.45) is 0 Å². The minimum atomic E-state index is -4.94. The third-order valence-electron chi connectivity index (χ3n) is 1.54. The lowest BCUT2D eigenvalue weighted by Crippen LogP contribution is -2.68. The zero-order valence-corrected chi connectivity index (χ0v) is 10.5. The molecule has 0 aromatic carbocycles. The molecular weight excluding hydrogens is 268 g/mol. The third-order valence-corrected chi connectivity index (χ3v) is 1.54. The topological polar surface area (TPSA) is 134 Å². The van der Waals surface area contributed by atoms with Gasteiger partial charge in [0.25, 0.3) is 5.91 Å². The van der Waals surface area contributed by atoms with Gasteiger partial charge in [-0.2, -0.15) is 0 Å². The second-order valence-corrected chi connectivity index (χ2v) is 3.58. The van der Waals surface area contributed by atoms with Crippen molar-refractivity contribution in [3.8, 4) is 0 Å². The fourth-order valence-corrected chi connectivity index (χ4v) is 0.963. The lowest BCUT2D eigenvalue weighted by atomic mass is 10.3. The molecule has 0 unspecified atom stereocenters. The Labute approximate surface area is 106 Å². The normalized spacial score (nSPS) is 10.1. The van der Waals surface area contributed by atoms with Gasteiger partial charge in [-0.15, -0.1) is 10.2 Å². The molecule has 0 spiro atoms. The maximum absolute atomic E-state index is 11.2. The van der Waals surface area contributed by atoms with E-state index in [4.69, 9.17) is 23.5 Å². The van der Waals surface area contributed by atoms with E-state index in [1.807, 2.05) is 6.92 Å². The van der Waals surface area contributed by atoms with E-state index in [1.54, 1.807) is 31.6 Å². The molecular formula is C9H13ClN2O6. The van der Waals surface area contributed by atoms with Crippen LogP contribution in [0.2, 0.25) is 0 Å². The van der Waals surface area contributed by atoms with Crippen LogP contribution in [0.15, 0.2) is 24.5 Å². The Morgan fingerprint density at radius 3 is 2.44 bits per heavy atom. The van der Waals surface area contributed by atoms with E-state index in [0.717, 1.165) is 0 Å². The number of nitrogens with zero attached hydrogens (tertiary/aromatic N) is 1. The predicted octanol–water partition coefficient (Wildman–Crippen LogP) is -4.97. The smallest absolute Gasteiger partial charge is 0.257 e. The number of rotatable bonds is 3. The van der Waals surface area contributed by atoms with Crippen LogP contribution in [-0.2, 0) is 0 Å². The van der Waals surface area contributed by atoms with E-state index in [1.165, 1.54) is 4.73 Å². The second kappa shape index (κ2) is 7.80. The van der Waals surface area contributed by atoms with Crippen LogP contribution >= 0.6 is 0 Å². The van der Waals surface area contributed by atoms with E-state index in [9.17, 15) is 4.79 Å². The summed E-state index contributed by atoms with van der Waals surface area (Å²) in [7, 11) is -3.35. The minimum Gasteiger partial charge on any atom is -0.355 e. The zero-order chi connectivity index (χ0) is 14.2. The van der Waals surface area contributed by atoms with Crippen LogP contribution in [0.3, 0.4) is 0 Å². The molecule has 1 rings (SSSR count). The van der Waals surface area contributed by atoms with Crippen molar-refractivity contribution in [3.63, 3.8) is 0 Å². The van der Waals surface area contributed by atoms with Crippen molar-refractivity contribution in [1.29, 1.82) is 0 Å². The number of hydrogen-bond acceptors (Lipinski definition) is 6. The van der Waals surface area contributed by atoms with Gasteiger partial charge < -0.3 is 5.32 Å². The molecule has 0 bridgehead atoms. The molecule has 0 radical (unpaired) electrons. The van der Waals surface area contributed by atoms with Crippen molar-refractivity contribution in [1.82, 2.24) is 5.32 Å². The summed E-state index contributed by atoms with van der Waals surface area (Å²) in [6.45, 7) is 2.46. The second-order valence-electron chi connectivity index (χ2n) is 2.83. The maximum atomic E-state index is 11.2. The highest BCUT2D eigenvalue weighted by Gasteiger charge is 2.08. The van der Waals surface area contributed by atoms with Gasteiger partial charge in [-0.1, -0.05) is 0 Å². The van der Waals surface area contributed by atoms with E-state index in [-0.39, 0.29) is 5.91 Å². The van der Waals surface area contributed by atoms with Gasteiger partial charge in [0, 0.05) is 17.8 Å². The summed E-state index contributed by atoms with van der Waals surface area (Å²) in [4.78, 5) is 16.4. The number of carbonyl (C=O) groups is 1. The number of aromatic nitrogens is 1. The lowest BCUT2D eigenvalue weighted by molar-refractivity contribution is -2.00. The fourth-order valence-electron chi connectivity index (χ4n) is 0.963. The van der Waals surface area contributed by atoms with E-state index >= 15 is 0 Å². The van der Waals surface area contributed by atoms with E-state index in [0.29, 0.717) is 12.2 Å². The molecule has 1 aromatic heterocycles. The molecule has 0 atom stereocenters. The van der Waals surface area contributed by atoms with Crippen LogP contribution < -0.4 is 33.5 Å². The average Bonchev–Trinajstić information content (AvgIpc) is 2.26. The molecule has 18 heavy (non-hydrogen) atoms. The molecule has 0 saturated heterocycles. The van der Waals surface area contributed by atoms with Gasteiger partial charge in [0.2, 0.25) is 12.4 Å². The maximum Gasteiger partial charge on any atom is 0.257 e. The van der Waals surface area contributed by atoms with Crippen LogP contribution in [0.4, 0.5) is 0 Å². The van der Waals surface area contributed by atoms with Gasteiger partial charge in [0.1, 0.15) is 5.56 Å². The van der Waals surface area contributed by atoms with Crippen molar-refractivity contribution < 1.29 is 43.2 Å². The molecule has 1 N–H and O–H groups in total. The minimum absolute atomic E-state index is 0.117. The van der Waals surface area contributed by atoms with Gasteiger partial charge in [-0.05, 0) is 13.0 Å². The largest absolute Gasteiger partial charge is 0.355 e. The molecule has 102 valence electrons. The van der Waals surface area contributed by atoms with Crippen molar-refractivity contribution >= 4 is 5.91 Å². The lowest BCUT2D eigenvalue weighted by Gasteiger charge is -2.17. The Hall–Kier alpha value is -1.45. The monoisotopic (exact) mass is 280 g/mol. The highest BCUT2D eigenvalue weighted by atomic mass is 35.7. The molecule has 0 fully saturated rings. The first kappa shape index (κ1) is 16.6. The van der Waals surface area contributed by atoms with Crippen LogP contribution in [0, 0.1) is 10.2 Å². The molecule has 0 aliphatic rings. The molecule has 8 nitrogen and oxygen atoms in total. The summed E-state index contributed by atoms with van der Waals surface area (Å²) in [5, 5.41) is 2.54. The Morgan fingerprint density at radius 2 is 2.00 bits per heavy atom. The molecule has 0 aliphatic heterocycles. The molecule has 1 heterocycles. The van der Waals surface area contributed by atoms with Gasteiger partial charge in [-0.25, -0.2) is 18.6 Å². The Kier molecular flexibility index (Phi) is 7.17. The average molecular weight is 281 g/mol. The van der Waals surface area contributed by atoms with Crippen molar-refractivity contribution in [3.05, 3.63) is 30.1 Å². The first-order valence-electron chi connectivity index (χ1n) is 4.76. The molecule has 0 saturated carbocycles. The number of amides is 1. The summed E-state index contributed by atoms with van der Waals surface area (Å²) in [5.41, 5.74) is 0.582. The van der Waals surface area contributed by atoms with E-state index < -0.39 is 10.2 Å². The Balaban J connectivity index is 0.000000494. The summed E-state index contributed by atoms with van der Waals surface area (Å²) in [6.07, 6.45) is 3.39. The first-order valence-corrected chi connectivity index (χ1v) is 5.99. The predicted molar refractivity (Wildman–Crippen MR) is 47.1 cm³/mol. The molecule has 1 aromatic rings. The SMILES string of the molecule is CCO[n+]1cccc(C(=O)NC)c1.[O-][Cl+3]([O-])([O-])[O-]. The number of halogens is 1. The van der Waals surface area contributed by atoms with Gasteiger partial charge in [0.05, 0.1) is 0 Å². The number of pyridine rings is 1. The van der Waals surface area contributed by atoms with E-state index in [2.05, 4.69) is 5.32 Å². The summed E-state index contributed by atoms with van der Waals surface area (Å²) in [6, 6.07) is 3.49. The standard InChI is InChI=1S/C9H12N2O2.ClHO4/c1-3-13-11-6-4-5-8(7-11)9(12)10-2;2-1(3,4)5/h4-7H,3H2,1-2H3;(H,2,3,4,5). The van der Waals surface area contributed by atoms with Gasteiger partial charge in [-0.3, -0.25) is 9.63 Å². The summed E-state index contributed by atoms with van der Waals surface area (Å²) >= 11 is 0. The van der Waals surface area contributed by atoms with Gasteiger partial charge in [0.15, 0.2) is 6.61 Å². The summed E-state index contributed by atoms with van der Waals surface area (Å²) in [5.74, 6) is -0.117. The number of hydrogen-bond donors (Lipinski definition) is 1. The van der Waals surface area contributed by atoms with Crippen LogP contribution in [0.5, 0.6) is 0 Å². The summed E-state index contributed by atoms with van der Waals surface area (Å²) < 4.78 is 35.5. The highest BCUT2D eigenvalue weighted by Crippen LogP contribution is 1.92. The van der Waals surface area contributed by atoms with Crippen LogP contribution in [0.25, 0.3) is 0 Å². The first-order chi connectivity index (χ1) is 8.27. The van der Waals surface area contributed by atoms with Crippen molar-refractivity contribution in [2.75, 3.05) is 13.7 Å². The number of carbonyl (C=O) groups excluding carboxylic acids is 1. The molecule has 9 heteroatoms. The Morgan fingerprint density at radius 1 is 1.44 bits per heavy atom. The van der Waals surface area contributed by atoms with Crippen LogP contribution in [-0.4, -0.2) is 19.6 Å². The number of nitrogens with one attached hydrogen (secondary N) is 1. The molecule has 0 aliphatic carbocycles. The quantitative estimate of drug-likeness (QED) is 0.551. The molecule has 1 amide bonds. The van der Waals surface area contributed by atoms with Gasteiger partial charge >= 0.3 is 0 Å².